The summed E-state index contributed by atoms with van der Waals surface area (Å²) in [6.07, 6.45) is 3.79. The summed E-state index contributed by atoms with van der Waals surface area (Å²) in [6, 6.07) is 21.6. The first-order chi connectivity index (χ1) is 11.2. The summed E-state index contributed by atoms with van der Waals surface area (Å²) in [5, 5.41) is 0. The first-order valence-corrected chi connectivity index (χ1v) is 8.74. The Morgan fingerprint density at radius 3 is 2.17 bits per heavy atom. The molecule has 0 unspecified atom stereocenters. The van der Waals surface area contributed by atoms with Gasteiger partial charge in [-0.25, -0.2) is 0 Å². The molecule has 0 bridgehead atoms. The van der Waals surface area contributed by atoms with Gasteiger partial charge >= 0.3 is 0 Å². The fourth-order valence-electron chi connectivity index (χ4n) is 2.91. The van der Waals surface area contributed by atoms with Crippen LogP contribution in [-0.4, -0.2) is 17.5 Å². The van der Waals surface area contributed by atoms with E-state index in [2.05, 4.69) is 86.0 Å². The van der Waals surface area contributed by atoms with E-state index in [0.717, 1.165) is 13.1 Å². The Hall–Kier alpha value is -1.86. The number of hydrogen-bond donors (Lipinski definition) is 0. The van der Waals surface area contributed by atoms with E-state index in [4.69, 9.17) is 0 Å². The van der Waals surface area contributed by atoms with Gasteiger partial charge in [0.1, 0.15) is 0 Å². The van der Waals surface area contributed by atoms with Crippen molar-refractivity contribution >= 4 is 5.57 Å². The third kappa shape index (κ3) is 5.37. The molecule has 2 rings (SSSR count). The van der Waals surface area contributed by atoms with Gasteiger partial charge in [-0.3, -0.25) is 4.90 Å². The minimum atomic E-state index is 0.342. The fourth-order valence-corrected chi connectivity index (χ4v) is 2.91. The van der Waals surface area contributed by atoms with Gasteiger partial charge in [0.25, 0.3) is 0 Å². The van der Waals surface area contributed by atoms with Crippen molar-refractivity contribution in [2.45, 2.75) is 45.7 Å². The molecule has 1 heteroatoms. The average molecular weight is 307 g/mol. The summed E-state index contributed by atoms with van der Waals surface area (Å²) in [7, 11) is 0. The highest BCUT2D eigenvalue weighted by Gasteiger charge is 2.17. The third-order valence-electron chi connectivity index (χ3n) is 4.47. The molecule has 0 fully saturated rings. The lowest BCUT2D eigenvalue weighted by Gasteiger charge is -2.31. The highest BCUT2D eigenvalue weighted by Crippen LogP contribution is 2.22. The minimum Gasteiger partial charge on any atom is -0.292 e. The minimum absolute atomic E-state index is 0.342. The average Bonchev–Trinajstić information content (AvgIpc) is 2.61. The third-order valence-corrected chi connectivity index (χ3v) is 4.47. The summed E-state index contributed by atoms with van der Waals surface area (Å²) in [5.41, 5.74) is 3.82. The maximum Gasteiger partial charge on any atom is 0.0323 e. The molecule has 2 aromatic carbocycles. The molecule has 0 amide bonds. The molecule has 0 aliphatic carbocycles. The van der Waals surface area contributed by atoms with Gasteiger partial charge in [0.2, 0.25) is 0 Å². The van der Waals surface area contributed by atoms with Crippen LogP contribution in [0.15, 0.2) is 67.2 Å². The fraction of sp³-hybridized carbons (Fsp3) is 0.364. The molecule has 0 aliphatic rings. The quantitative estimate of drug-likeness (QED) is 0.531. The van der Waals surface area contributed by atoms with Crippen LogP contribution < -0.4 is 0 Å². The van der Waals surface area contributed by atoms with Gasteiger partial charge in [-0.05, 0) is 36.6 Å². The Bertz CT molecular complexity index is 573. The van der Waals surface area contributed by atoms with Crippen LogP contribution in [0, 0.1) is 0 Å². The summed E-state index contributed by atoms with van der Waals surface area (Å²) in [4.78, 5) is 2.56. The van der Waals surface area contributed by atoms with Crippen molar-refractivity contribution in [2.24, 2.45) is 0 Å². The Labute approximate surface area is 141 Å². The van der Waals surface area contributed by atoms with Crippen LogP contribution in [0.2, 0.25) is 0 Å². The molecule has 1 nitrogen and oxygen atoms in total. The van der Waals surface area contributed by atoms with Crippen molar-refractivity contribution < 1.29 is 0 Å². The molecule has 0 aromatic heterocycles. The Morgan fingerprint density at radius 1 is 0.957 bits per heavy atom. The molecule has 0 saturated heterocycles. The molecular weight excluding hydrogens is 278 g/mol. The Kier molecular flexibility index (Phi) is 7.09. The highest BCUT2D eigenvalue weighted by atomic mass is 15.1. The lowest BCUT2D eigenvalue weighted by atomic mass is 9.99. The summed E-state index contributed by atoms with van der Waals surface area (Å²) in [5.74, 6) is 0. The lowest BCUT2D eigenvalue weighted by molar-refractivity contribution is 0.233. The zero-order chi connectivity index (χ0) is 16.5. The van der Waals surface area contributed by atoms with Crippen LogP contribution >= 0.6 is 0 Å². The van der Waals surface area contributed by atoms with Crippen LogP contribution in [0.3, 0.4) is 0 Å². The van der Waals surface area contributed by atoms with Crippen molar-refractivity contribution in [1.29, 1.82) is 0 Å². The predicted molar refractivity (Wildman–Crippen MR) is 101 cm³/mol. The number of hydrogen-bond acceptors (Lipinski definition) is 1. The molecule has 0 radical (unpaired) electrons. The molecule has 0 aliphatic heterocycles. The Morgan fingerprint density at radius 2 is 1.57 bits per heavy atom. The zero-order valence-electron chi connectivity index (χ0n) is 14.5. The SMILES string of the molecule is C=C(c1ccccc1)[C@H](C)N(CCCCC)Cc1ccccc1. The van der Waals surface area contributed by atoms with E-state index in [9.17, 15) is 0 Å². The largest absolute Gasteiger partial charge is 0.292 e. The normalized spacial score (nSPS) is 12.3. The monoisotopic (exact) mass is 307 g/mol. The Balaban J connectivity index is 2.09. The molecule has 0 spiro atoms. The van der Waals surface area contributed by atoms with Crippen molar-refractivity contribution in [3.05, 3.63) is 78.4 Å². The van der Waals surface area contributed by atoms with Crippen LogP contribution in [0.5, 0.6) is 0 Å². The van der Waals surface area contributed by atoms with E-state index in [1.807, 2.05) is 0 Å². The van der Waals surface area contributed by atoms with Crippen LogP contribution in [0.25, 0.3) is 5.57 Å². The lowest BCUT2D eigenvalue weighted by Crippen LogP contribution is -2.34. The van der Waals surface area contributed by atoms with Crippen molar-refractivity contribution in [2.75, 3.05) is 6.54 Å². The van der Waals surface area contributed by atoms with E-state index in [1.165, 1.54) is 36.0 Å². The second kappa shape index (κ2) is 9.32. The van der Waals surface area contributed by atoms with E-state index in [0.29, 0.717) is 6.04 Å². The molecular formula is C22H29N. The molecule has 0 heterocycles. The molecule has 1 atom stereocenters. The maximum atomic E-state index is 4.37. The highest BCUT2D eigenvalue weighted by molar-refractivity contribution is 5.67. The van der Waals surface area contributed by atoms with E-state index < -0.39 is 0 Å². The first kappa shape index (κ1) is 17.5. The van der Waals surface area contributed by atoms with E-state index >= 15 is 0 Å². The second-order valence-electron chi connectivity index (χ2n) is 6.23. The van der Waals surface area contributed by atoms with E-state index in [1.54, 1.807) is 0 Å². The summed E-state index contributed by atoms with van der Waals surface area (Å²) in [6.45, 7) is 11.0. The van der Waals surface area contributed by atoms with Crippen LogP contribution in [-0.2, 0) is 6.54 Å². The summed E-state index contributed by atoms with van der Waals surface area (Å²) >= 11 is 0. The van der Waals surface area contributed by atoms with Gasteiger partial charge in [-0.1, -0.05) is 87.0 Å². The van der Waals surface area contributed by atoms with Crippen molar-refractivity contribution in [3.8, 4) is 0 Å². The van der Waals surface area contributed by atoms with Gasteiger partial charge in [-0.2, -0.15) is 0 Å². The smallest absolute Gasteiger partial charge is 0.0323 e. The molecule has 122 valence electrons. The number of rotatable bonds is 9. The standard InChI is InChI=1S/C22H29N/c1-4-5-12-17-23(18-21-13-8-6-9-14-21)20(3)19(2)22-15-10-7-11-16-22/h6-11,13-16,20H,2,4-5,12,17-18H2,1,3H3/t20-/m0/s1. The second-order valence-corrected chi connectivity index (χ2v) is 6.23. The van der Waals surface area contributed by atoms with Gasteiger partial charge < -0.3 is 0 Å². The van der Waals surface area contributed by atoms with Crippen molar-refractivity contribution in [1.82, 2.24) is 4.90 Å². The van der Waals surface area contributed by atoms with Gasteiger partial charge in [0, 0.05) is 12.6 Å². The summed E-state index contributed by atoms with van der Waals surface area (Å²) < 4.78 is 0. The molecule has 0 saturated carbocycles. The van der Waals surface area contributed by atoms with Gasteiger partial charge in [-0.15, -0.1) is 0 Å². The van der Waals surface area contributed by atoms with E-state index in [-0.39, 0.29) is 0 Å². The number of benzene rings is 2. The van der Waals surface area contributed by atoms with Crippen molar-refractivity contribution in [3.63, 3.8) is 0 Å². The van der Waals surface area contributed by atoms with Crippen LogP contribution in [0.1, 0.15) is 44.2 Å². The number of unbranched alkanes of at least 4 members (excludes halogenated alkanes) is 2. The number of nitrogens with zero attached hydrogens (tertiary/aromatic N) is 1. The molecule has 0 N–H and O–H groups in total. The zero-order valence-corrected chi connectivity index (χ0v) is 14.5. The topological polar surface area (TPSA) is 3.24 Å². The maximum absolute atomic E-state index is 4.37. The molecule has 2 aromatic rings. The first-order valence-electron chi connectivity index (χ1n) is 8.74. The predicted octanol–water partition coefficient (Wildman–Crippen LogP) is 5.78. The molecule has 23 heavy (non-hydrogen) atoms. The van der Waals surface area contributed by atoms with Gasteiger partial charge in [0.05, 0.1) is 0 Å². The van der Waals surface area contributed by atoms with Crippen LogP contribution in [0.4, 0.5) is 0 Å². The van der Waals surface area contributed by atoms with Gasteiger partial charge in [0.15, 0.2) is 0 Å².